The van der Waals surface area contributed by atoms with Crippen LogP contribution in [0.2, 0.25) is 5.02 Å². The average molecular weight is 245 g/mol. The lowest BCUT2D eigenvalue weighted by molar-refractivity contribution is 0.0921. The van der Waals surface area contributed by atoms with E-state index in [2.05, 4.69) is 0 Å². The first-order chi connectivity index (χ1) is 7.54. The van der Waals surface area contributed by atoms with Crippen LogP contribution in [0.1, 0.15) is 25.5 Å². The third-order valence-electron chi connectivity index (χ3n) is 2.17. The summed E-state index contributed by atoms with van der Waals surface area (Å²) in [7, 11) is 1.62. The fraction of sp³-hybridized carbons (Fsp3) is 0.500. The molecular formula is C12H17ClO3. The van der Waals surface area contributed by atoms with E-state index in [0.29, 0.717) is 17.4 Å². The largest absolute Gasteiger partial charge is 0.487 e. The highest BCUT2D eigenvalue weighted by molar-refractivity contribution is 6.32. The SMILES string of the molecule is COCC(C)Oc1ccc([C@H](C)O)cc1Cl. The Morgan fingerprint density at radius 3 is 2.56 bits per heavy atom. The van der Waals surface area contributed by atoms with Crippen molar-refractivity contribution in [2.45, 2.75) is 26.1 Å². The van der Waals surface area contributed by atoms with Gasteiger partial charge in [-0.15, -0.1) is 0 Å². The number of methoxy groups -OCH3 is 1. The number of halogens is 1. The first-order valence-electron chi connectivity index (χ1n) is 5.17. The van der Waals surface area contributed by atoms with Crippen molar-refractivity contribution in [3.05, 3.63) is 28.8 Å². The van der Waals surface area contributed by atoms with Gasteiger partial charge < -0.3 is 14.6 Å². The molecule has 16 heavy (non-hydrogen) atoms. The van der Waals surface area contributed by atoms with E-state index in [0.717, 1.165) is 5.56 Å². The van der Waals surface area contributed by atoms with E-state index in [1.54, 1.807) is 32.2 Å². The van der Waals surface area contributed by atoms with Gasteiger partial charge >= 0.3 is 0 Å². The lowest BCUT2D eigenvalue weighted by Crippen LogP contribution is -2.18. The van der Waals surface area contributed by atoms with Crippen LogP contribution < -0.4 is 4.74 Å². The van der Waals surface area contributed by atoms with Crippen LogP contribution in [0.25, 0.3) is 0 Å². The molecule has 0 aliphatic carbocycles. The summed E-state index contributed by atoms with van der Waals surface area (Å²) in [5.41, 5.74) is 0.775. The van der Waals surface area contributed by atoms with E-state index in [1.807, 2.05) is 6.92 Å². The molecular weight excluding hydrogens is 228 g/mol. The molecule has 0 aromatic heterocycles. The molecule has 0 spiro atoms. The first kappa shape index (κ1) is 13.3. The molecule has 2 atom stereocenters. The number of ether oxygens (including phenoxy) is 2. The minimum Gasteiger partial charge on any atom is -0.487 e. The molecule has 0 amide bonds. The molecule has 1 aromatic rings. The maximum absolute atomic E-state index is 9.39. The van der Waals surface area contributed by atoms with E-state index < -0.39 is 6.10 Å². The summed E-state index contributed by atoms with van der Waals surface area (Å²) in [6.45, 7) is 4.11. The smallest absolute Gasteiger partial charge is 0.138 e. The van der Waals surface area contributed by atoms with Gasteiger partial charge in [0.2, 0.25) is 0 Å². The predicted octanol–water partition coefficient (Wildman–Crippen LogP) is 2.81. The third-order valence-corrected chi connectivity index (χ3v) is 2.46. The highest BCUT2D eigenvalue weighted by atomic mass is 35.5. The number of benzene rings is 1. The van der Waals surface area contributed by atoms with Crippen molar-refractivity contribution >= 4 is 11.6 Å². The van der Waals surface area contributed by atoms with Gasteiger partial charge in [0.15, 0.2) is 0 Å². The predicted molar refractivity (Wildman–Crippen MR) is 64.1 cm³/mol. The Morgan fingerprint density at radius 1 is 1.38 bits per heavy atom. The van der Waals surface area contributed by atoms with Crippen molar-refractivity contribution in [3.63, 3.8) is 0 Å². The summed E-state index contributed by atoms with van der Waals surface area (Å²) in [4.78, 5) is 0. The molecule has 1 aromatic carbocycles. The third kappa shape index (κ3) is 3.67. The highest BCUT2D eigenvalue weighted by Gasteiger charge is 2.09. The van der Waals surface area contributed by atoms with Gasteiger partial charge in [0.05, 0.1) is 17.7 Å². The van der Waals surface area contributed by atoms with Gasteiger partial charge in [-0.05, 0) is 31.5 Å². The number of aliphatic hydroxyl groups excluding tert-OH is 1. The van der Waals surface area contributed by atoms with Crippen LogP contribution in [-0.4, -0.2) is 24.9 Å². The molecule has 0 saturated carbocycles. The van der Waals surface area contributed by atoms with Gasteiger partial charge in [-0.1, -0.05) is 17.7 Å². The lowest BCUT2D eigenvalue weighted by atomic mass is 10.1. The minimum atomic E-state index is -0.525. The molecule has 0 saturated heterocycles. The van der Waals surface area contributed by atoms with Gasteiger partial charge in [0.1, 0.15) is 11.9 Å². The molecule has 3 nitrogen and oxygen atoms in total. The standard InChI is InChI=1S/C12H17ClO3/c1-8(7-15-3)16-12-5-4-10(9(2)14)6-11(12)13/h4-6,8-9,14H,7H2,1-3H3/t8?,9-/m0/s1. The van der Waals surface area contributed by atoms with Gasteiger partial charge in [-0.3, -0.25) is 0 Å². The molecule has 0 aliphatic rings. The summed E-state index contributed by atoms with van der Waals surface area (Å²) in [6, 6.07) is 5.27. The van der Waals surface area contributed by atoms with Crippen molar-refractivity contribution in [1.82, 2.24) is 0 Å². The number of rotatable bonds is 5. The Morgan fingerprint density at radius 2 is 2.06 bits per heavy atom. The summed E-state index contributed by atoms with van der Waals surface area (Å²) >= 11 is 6.04. The highest BCUT2D eigenvalue weighted by Crippen LogP contribution is 2.28. The van der Waals surface area contributed by atoms with Crippen molar-refractivity contribution in [2.24, 2.45) is 0 Å². The van der Waals surface area contributed by atoms with Crippen LogP contribution in [0.4, 0.5) is 0 Å². The summed E-state index contributed by atoms with van der Waals surface area (Å²) < 4.78 is 10.6. The minimum absolute atomic E-state index is 0.0556. The van der Waals surface area contributed by atoms with Crippen molar-refractivity contribution < 1.29 is 14.6 Å². The Bertz CT molecular complexity index is 339. The van der Waals surface area contributed by atoms with Crippen molar-refractivity contribution in [1.29, 1.82) is 0 Å². The van der Waals surface area contributed by atoms with Crippen LogP contribution in [0.15, 0.2) is 18.2 Å². The summed E-state index contributed by atoms with van der Waals surface area (Å²) in [5.74, 6) is 0.607. The second-order valence-corrected chi connectivity index (χ2v) is 4.16. The van der Waals surface area contributed by atoms with Crippen LogP contribution >= 0.6 is 11.6 Å². The summed E-state index contributed by atoms with van der Waals surface area (Å²) in [5, 5.41) is 9.89. The zero-order chi connectivity index (χ0) is 12.1. The summed E-state index contributed by atoms with van der Waals surface area (Å²) in [6.07, 6.45) is -0.581. The molecule has 90 valence electrons. The zero-order valence-electron chi connectivity index (χ0n) is 9.74. The number of aliphatic hydroxyl groups is 1. The second-order valence-electron chi connectivity index (χ2n) is 3.75. The Labute approximate surface area is 101 Å². The van der Waals surface area contributed by atoms with Crippen molar-refractivity contribution in [2.75, 3.05) is 13.7 Å². The lowest BCUT2D eigenvalue weighted by Gasteiger charge is -2.15. The molecule has 1 unspecified atom stereocenters. The van der Waals surface area contributed by atoms with E-state index in [4.69, 9.17) is 21.1 Å². The van der Waals surface area contributed by atoms with Crippen molar-refractivity contribution in [3.8, 4) is 5.75 Å². The number of hydrogen-bond acceptors (Lipinski definition) is 3. The van der Waals surface area contributed by atoms with Gasteiger partial charge in [-0.25, -0.2) is 0 Å². The molecule has 0 aliphatic heterocycles. The topological polar surface area (TPSA) is 38.7 Å². The van der Waals surface area contributed by atoms with E-state index in [1.165, 1.54) is 0 Å². The normalized spacial score (nSPS) is 14.6. The van der Waals surface area contributed by atoms with Crippen LogP contribution in [-0.2, 0) is 4.74 Å². The molecule has 1 N–H and O–H groups in total. The molecule has 0 radical (unpaired) electrons. The zero-order valence-corrected chi connectivity index (χ0v) is 10.5. The fourth-order valence-electron chi connectivity index (χ4n) is 1.36. The van der Waals surface area contributed by atoms with Gasteiger partial charge in [-0.2, -0.15) is 0 Å². The van der Waals surface area contributed by atoms with Crippen LogP contribution in [0.5, 0.6) is 5.75 Å². The van der Waals surface area contributed by atoms with Gasteiger partial charge in [0, 0.05) is 7.11 Å². The van der Waals surface area contributed by atoms with E-state index in [-0.39, 0.29) is 6.10 Å². The van der Waals surface area contributed by atoms with Gasteiger partial charge in [0.25, 0.3) is 0 Å². The maximum Gasteiger partial charge on any atom is 0.138 e. The first-order valence-corrected chi connectivity index (χ1v) is 5.55. The molecule has 0 heterocycles. The molecule has 0 fully saturated rings. The molecule has 1 rings (SSSR count). The Balaban J connectivity index is 2.75. The fourth-order valence-corrected chi connectivity index (χ4v) is 1.59. The number of hydrogen-bond donors (Lipinski definition) is 1. The van der Waals surface area contributed by atoms with E-state index in [9.17, 15) is 5.11 Å². The molecule has 4 heteroatoms. The Kier molecular flexibility index (Phi) is 5.06. The molecule has 0 bridgehead atoms. The van der Waals surface area contributed by atoms with Crippen LogP contribution in [0, 0.1) is 0 Å². The Hall–Kier alpha value is -0.770. The van der Waals surface area contributed by atoms with Crippen LogP contribution in [0.3, 0.4) is 0 Å². The van der Waals surface area contributed by atoms with E-state index >= 15 is 0 Å². The monoisotopic (exact) mass is 244 g/mol. The maximum atomic E-state index is 9.39. The second kappa shape index (κ2) is 6.09. The average Bonchev–Trinajstić information content (AvgIpc) is 2.21. The quantitative estimate of drug-likeness (QED) is 0.866.